The molecule has 0 spiro atoms. The van der Waals surface area contributed by atoms with Crippen molar-refractivity contribution in [2.45, 2.75) is 18.9 Å². The second-order valence-corrected chi connectivity index (χ2v) is 4.31. The van der Waals surface area contributed by atoms with Gasteiger partial charge in [-0.05, 0) is 18.4 Å². The topological polar surface area (TPSA) is 73.1 Å². The van der Waals surface area contributed by atoms with Crippen molar-refractivity contribution < 1.29 is 9.90 Å². The van der Waals surface area contributed by atoms with Gasteiger partial charge in [0.15, 0.2) is 0 Å². The number of nitrogens with zero attached hydrogens (tertiary/aromatic N) is 1. The zero-order chi connectivity index (χ0) is 12.3. The molecule has 1 fully saturated rings. The second kappa shape index (κ2) is 4.56. The molecule has 0 aromatic heterocycles. The molecule has 0 radical (unpaired) electrons. The van der Waals surface area contributed by atoms with Crippen LogP contribution in [0.1, 0.15) is 24.4 Å². The van der Waals surface area contributed by atoms with Gasteiger partial charge in [-0.3, -0.25) is 4.79 Å². The Balaban J connectivity index is 2.07. The van der Waals surface area contributed by atoms with Gasteiger partial charge in [0.2, 0.25) is 5.91 Å². The van der Waals surface area contributed by atoms with Crippen LogP contribution in [-0.2, 0) is 4.79 Å². The number of aliphatic hydroxyl groups excluding tert-OH is 1. The van der Waals surface area contributed by atoms with Crippen molar-refractivity contribution in [3.63, 3.8) is 0 Å². The van der Waals surface area contributed by atoms with Crippen molar-refractivity contribution in [2.75, 3.05) is 6.61 Å². The molecule has 17 heavy (non-hydrogen) atoms. The van der Waals surface area contributed by atoms with Crippen LogP contribution in [0.3, 0.4) is 0 Å². The van der Waals surface area contributed by atoms with Crippen molar-refractivity contribution in [3.8, 4) is 6.07 Å². The molecule has 2 rings (SSSR count). The molecule has 4 heteroatoms. The lowest BCUT2D eigenvalue weighted by molar-refractivity contribution is -0.125. The average molecular weight is 230 g/mol. The van der Waals surface area contributed by atoms with Gasteiger partial charge in [-0.15, -0.1) is 0 Å². The number of aliphatic hydroxyl groups is 1. The highest BCUT2D eigenvalue weighted by Crippen LogP contribution is 2.45. The van der Waals surface area contributed by atoms with Crippen LogP contribution in [0, 0.1) is 16.7 Å². The Kier molecular flexibility index (Phi) is 3.12. The Morgan fingerprint density at radius 2 is 2.12 bits per heavy atom. The molecule has 88 valence electrons. The predicted molar refractivity (Wildman–Crippen MR) is 61.7 cm³/mol. The molecule has 0 saturated heterocycles. The summed E-state index contributed by atoms with van der Waals surface area (Å²) in [6.45, 7) is -0.169. The van der Waals surface area contributed by atoms with Gasteiger partial charge < -0.3 is 10.4 Å². The van der Waals surface area contributed by atoms with Gasteiger partial charge in [0.25, 0.3) is 0 Å². The maximum absolute atomic E-state index is 11.9. The largest absolute Gasteiger partial charge is 0.394 e. The van der Waals surface area contributed by atoms with E-state index in [1.807, 2.05) is 36.4 Å². The molecule has 1 aromatic rings. The Labute approximate surface area is 99.9 Å². The monoisotopic (exact) mass is 230 g/mol. The van der Waals surface area contributed by atoms with E-state index in [1.165, 1.54) is 0 Å². The summed E-state index contributed by atoms with van der Waals surface area (Å²) in [5.41, 5.74) is -0.000512. The van der Waals surface area contributed by atoms with Crippen LogP contribution in [0.15, 0.2) is 30.3 Å². The number of carbonyl (C=O) groups excluding carboxylic acids is 1. The maximum Gasteiger partial charge on any atom is 0.241 e. The van der Waals surface area contributed by atoms with E-state index in [4.69, 9.17) is 5.26 Å². The van der Waals surface area contributed by atoms with Gasteiger partial charge in [-0.1, -0.05) is 30.3 Å². The molecule has 2 N–H and O–H groups in total. The van der Waals surface area contributed by atoms with Gasteiger partial charge in [0.1, 0.15) is 5.41 Å². The fraction of sp³-hybridized carbons (Fsp3) is 0.385. The Morgan fingerprint density at radius 1 is 1.47 bits per heavy atom. The summed E-state index contributed by atoms with van der Waals surface area (Å²) in [6.07, 6.45) is 1.23. The first-order valence-corrected chi connectivity index (χ1v) is 5.60. The van der Waals surface area contributed by atoms with E-state index in [0.29, 0.717) is 12.8 Å². The maximum atomic E-state index is 11.9. The minimum absolute atomic E-state index is 0.169. The predicted octanol–water partition coefficient (Wildman–Crippen LogP) is 1.14. The van der Waals surface area contributed by atoms with E-state index in [9.17, 15) is 9.90 Å². The molecular formula is C13H14N2O2. The zero-order valence-corrected chi connectivity index (χ0v) is 9.39. The third-order valence-corrected chi connectivity index (χ3v) is 3.09. The Bertz CT molecular complexity index is 446. The highest BCUT2D eigenvalue weighted by molar-refractivity contribution is 5.88. The lowest BCUT2D eigenvalue weighted by Crippen LogP contribution is -2.36. The van der Waals surface area contributed by atoms with E-state index < -0.39 is 11.5 Å². The lowest BCUT2D eigenvalue weighted by atomic mass is 10.0. The normalized spacial score (nSPS) is 17.9. The fourth-order valence-corrected chi connectivity index (χ4v) is 1.73. The van der Waals surface area contributed by atoms with Crippen LogP contribution in [-0.4, -0.2) is 17.6 Å². The van der Waals surface area contributed by atoms with Crippen LogP contribution in [0.4, 0.5) is 0 Å². The highest BCUT2D eigenvalue weighted by Gasteiger charge is 2.51. The SMILES string of the molecule is N#CC1(C(=O)N[C@H](CO)c2ccccc2)CC1. The zero-order valence-electron chi connectivity index (χ0n) is 9.39. The second-order valence-electron chi connectivity index (χ2n) is 4.31. The Hall–Kier alpha value is -1.86. The summed E-state index contributed by atoms with van der Waals surface area (Å²) in [6, 6.07) is 10.9. The van der Waals surface area contributed by atoms with Crippen molar-refractivity contribution in [3.05, 3.63) is 35.9 Å². The van der Waals surface area contributed by atoms with Crippen molar-refractivity contribution in [1.29, 1.82) is 5.26 Å². The molecule has 0 bridgehead atoms. The van der Waals surface area contributed by atoms with E-state index in [1.54, 1.807) is 0 Å². The number of carbonyl (C=O) groups is 1. The Morgan fingerprint density at radius 3 is 2.59 bits per heavy atom. The van der Waals surface area contributed by atoms with Gasteiger partial charge in [0, 0.05) is 0 Å². The molecule has 1 aromatic carbocycles. The molecule has 4 nitrogen and oxygen atoms in total. The average Bonchev–Trinajstić information content (AvgIpc) is 3.17. The quantitative estimate of drug-likeness (QED) is 0.814. The van der Waals surface area contributed by atoms with Gasteiger partial charge in [-0.2, -0.15) is 5.26 Å². The molecule has 1 atom stereocenters. The highest BCUT2D eigenvalue weighted by atomic mass is 16.3. The molecule has 1 aliphatic rings. The number of nitrogens with one attached hydrogen (secondary N) is 1. The van der Waals surface area contributed by atoms with Crippen LogP contribution in [0.2, 0.25) is 0 Å². The smallest absolute Gasteiger partial charge is 0.241 e. The van der Waals surface area contributed by atoms with Crippen LogP contribution in [0.25, 0.3) is 0 Å². The number of hydrogen-bond donors (Lipinski definition) is 2. The molecule has 1 amide bonds. The van der Waals surface area contributed by atoms with Crippen LogP contribution in [0.5, 0.6) is 0 Å². The first kappa shape index (κ1) is 11.6. The summed E-state index contributed by atoms with van der Waals surface area (Å²) in [4.78, 5) is 11.9. The summed E-state index contributed by atoms with van der Waals surface area (Å²) in [7, 11) is 0. The van der Waals surface area contributed by atoms with Crippen molar-refractivity contribution in [1.82, 2.24) is 5.32 Å². The molecule has 1 aliphatic carbocycles. The molecule has 0 aliphatic heterocycles. The minimum Gasteiger partial charge on any atom is -0.394 e. The van der Waals surface area contributed by atoms with E-state index >= 15 is 0 Å². The summed E-state index contributed by atoms with van der Waals surface area (Å²) in [5.74, 6) is -0.275. The molecular weight excluding hydrogens is 216 g/mol. The number of rotatable bonds is 4. The first-order valence-electron chi connectivity index (χ1n) is 5.60. The summed E-state index contributed by atoms with van der Waals surface area (Å²) in [5, 5.41) is 20.9. The third-order valence-electron chi connectivity index (χ3n) is 3.09. The van der Waals surface area contributed by atoms with Gasteiger partial charge >= 0.3 is 0 Å². The standard InChI is InChI=1S/C13H14N2O2/c14-9-13(6-7-13)12(17)15-11(8-16)10-4-2-1-3-5-10/h1-5,11,16H,6-8H2,(H,15,17)/t11-/m1/s1. The minimum atomic E-state index is -0.845. The molecule has 0 heterocycles. The van der Waals surface area contributed by atoms with Crippen LogP contribution >= 0.6 is 0 Å². The molecule has 1 saturated carbocycles. The van der Waals surface area contributed by atoms with Crippen LogP contribution < -0.4 is 5.32 Å². The first-order chi connectivity index (χ1) is 8.22. The van der Waals surface area contributed by atoms with Gasteiger partial charge in [-0.25, -0.2) is 0 Å². The lowest BCUT2D eigenvalue weighted by Gasteiger charge is -2.18. The van der Waals surface area contributed by atoms with Gasteiger partial charge in [0.05, 0.1) is 18.7 Å². The number of nitriles is 1. The van der Waals surface area contributed by atoms with Crippen molar-refractivity contribution in [2.24, 2.45) is 5.41 Å². The fourth-order valence-electron chi connectivity index (χ4n) is 1.73. The summed E-state index contributed by atoms with van der Waals surface area (Å²) < 4.78 is 0. The number of amides is 1. The molecule has 0 unspecified atom stereocenters. The van der Waals surface area contributed by atoms with E-state index in [-0.39, 0.29) is 12.5 Å². The van der Waals surface area contributed by atoms with Crippen molar-refractivity contribution >= 4 is 5.91 Å². The van der Waals surface area contributed by atoms with E-state index in [2.05, 4.69) is 5.32 Å². The number of hydrogen-bond acceptors (Lipinski definition) is 3. The van der Waals surface area contributed by atoms with E-state index in [0.717, 1.165) is 5.56 Å². The third kappa shape index (κ3) is 2.29. The summed E-state index contributed by atoms with van der Waals surface area (Å²) >= 11 is 0. The number of benzene rings is 1.